The second-order valence-corrected chi connectivity index (χ2v) is 8.40. The van der Waals surface area contributed by atoms with Gasteiger partial charge < -0.3 is 20.4 Å². The normalized spacial score (nSPS) is 14.8. The molecular weight excluding hydrogens is 420 g/mol. The number of carbonyl (C=O) groups is 1. The number of hydrogen-bond donors (Lipinski definition) is 2. The lowest BCUT2D eigenvalue weighted by Gasteiger charge is -2.26. The summed E-state index contributed by atoms with van der Waals surface area (Å²) in [7, 11) is 0. The van der Waals surface area contributed by atoms with Crippen molar-refractivity contribution in [2.75, 3.05) is 43.9 Å². The predicted molar refractivity (Wildman–Crippen MR) is 126 cm³/mol. The first-order valence-corrected chi connectivity index (χ1v) is 11.1. The highest BCUT2D eigenvalue weighted by atomic mass is 16.5. The van der Waals surface area contributed by atoms with Gasteiger partial charge in [0.1, 0.15) is 0 Å². The first-order valence-electron chi connectivity index (χ1n) is 11.1. The van der Waals surface area contributed by atoms with Gasteiger partial charge in [-0.1, -0.05) is 0 Å². The minimum Gasteiger partial charge on any atom is -0.379 e. The summed E-state index contributed by atoms with van der Waals surface area (Å²) in [6.07, 6.45) is 2.30. The Labute approximate surface area is 191 Å². The lowest BCUT2D eigenvalue weighted by Crippen LogP contribution is -2.38. The molecule has 0 saturated carbocycles. The number of nitrogens with two attached hydrogens (primary N) is 1. The number of ether oxygens (including phenoxy) is 1. The molecule has 0 spiro atoms. The van der Waals surface area contributed by atoms with E-state index in [4.69, 9.17) is 10.5 Å². The zero-order valence-corrected chi connectivity index (χ0v) is 18.9. The molecule has 0 unspecified atom stereocenters. The fourth-order valence-electron chi connectivity index (χ4n) is 4.39. The fourth-order valence-corrected chi connectivity index (χ4v) is 4.39. The van der Waals surface area contributed by atoms with Crippen molar-refractivity contribution in [3.8, 4) is 0 Å². The van der Waals surface area contributed by atoms with Crippen LogP contribution < -0.4 is 11.1 Å². The van der Waals surface area contributed by atoms with E-state index < -0.39 is 0 Å². The monoisotopic (exact) mass is 448 g/mol. The molecule has 172 valence electrons. The molecule has 4 heterocycles. The zero-order valence-electron chi connectivity index (χ0n) is 18.9. The molecule has 0 bridgehead atoms. The van der Waals surface area contributed by atoms with Gasteiger partial charge in [0.05, 0.1) is 19.6 Å². The van der Waals surface area contributed by atoms with E-state index in [1.807, 2.05) is 26.0 Å². The first-order chi connectivity index (χ1) is 16.0. The Morgan fingerprint density at radius 3 is 2.79 bits per heavy atom. The van der Waals surface area contributed by atoms with E-state index in [0.29, 0.717) is 5.78 Å². The molecule has 10 heteroatoms. The van der Waals surface area contributed by atoms with Gasteiger partial charge in [-0.3, -0.25) is 9.69 Å². The summed E-state index contributed by atoms with van der Waals surface area (Å²) in [5, 5.41) is 8.28. The van der Waals surface area contributed by atoms with Gasteiger partial charge in [0.15, 0.2) is 0 Å². The van der Waals surface area contributed by atoms with Crippen LogP contribution in [0.1, 0.15) is 17.0 Å². The van der Waals surface area contributed by atoms with Gasteiger partial charge in [-0.25, -0.2) is 4.98 Å². The van der Waals surface area contributed by atoms with Crippen LogP contribution in [0.5, 0.6) is 0 Å². The van der Waals surface area contributed by atoms with Gasteiger partial charge in [-0.05, 0) is 38.1 Å². The second kappa shape index (κ2) is 8.80. The number of nitrogen functional groups attached to an aromatic ring is 1. The van der Waals surface area contributed by atoms with Crippen LogP contribution in [-0.2, 0) is 22.5 Å². The third-order valence-electron chi connectivity index (χ3n) is 6.22. The number of morpholine rings is 1. The Morgan fingerprint density at radius 2 is 1.97 bits per heavy atom. The number of anilines is 2. The van der Waals surface area contributed by atoms with E-state index in [0.717, 1.165) is 72.9 Å². The summed E-state index contributed by atoms with van der Waals surface area (Å²) in [6.45, 7) is 9.28. The lowest BCUT2D eigenvalue weighted by molar-refractivity contribution is -0.115. The summed E-state index contributed by atoms with van der Waals surface area (Å²) in [5.41, 5.74) is 10.0. The molecule has 3 aromatic heterocycles. The zero-order chi connectivity index (χ0) is 22.9. The molecule has 3 N–H and O–H groups in total. The average Bonchev–Trinajstić information content (AvgIpc) is 3.38. The maximum absolute atomic E-state index is 12.8. The van der Waals surface area contributed by atoms with Crippen molar-refractivity contribution in [3.05, 3.63) is 47.4 Å². The van der Waals surface area contributed by atoms with Crippen molar-refractivity contribution in [1.29, 1.82) is 0 Å². The maximum Gasteiger partial charge on any atom is 0.254 e. The number of benzene rings is 1. The Kier molecular flexibility index (Phi) is 5.69. The van der Waals surface area contributed by atoms with Gasteiger partial charge in [-0.2, -0.15) is 9.50 Å². The molecule has 5 rings (SSSR count). The number of fused-ring (bicyclic) bond motifs is 2. The van der Waals surface area contributed by atoms with Crippen LogP contribution in [0.25, 0.3) is 16.7 Å². The highest BCUT2D eigenvalue weighted by Crippen LogP contribution is 2.22. The fraction of sp³-hybridized carbons (Fsp3) is 0.391. The minimum atomic E-state index is -0.110. The largest absolute Gasteiger partial charge is 0.379 e. The van der Waals surface area contributed by atoms with E-state index >= 15 is 0 Å². The summed E-state index contributed by atoms with van der Waals surface area (Å²) in [6, 6.07) is 8.11. The standard InChI is InChI=1S/C23H28N8O2/c1-15-19(16(2)31-23(25-15)27-22(24)28-31)14-21(32)26-18-3-4-20-17(13-18)5-6-30(20)8-7-29-9-11-33-12-10-29/h3-6,13H,7-12,14H2,1-2H3,(H2,24,28)(H,26,32). The Bertz CT molecular complexity index is 1320. The molecule has 10 nitrogen and oxygen atoms in total. The van der Waals surface area contributed by atoms with Crippen LogP contribution >= 0.6 is 0 Å². The van der Waals surface area contributed by atoms with Crippen molar-refractivity contribution in [3.63, 3.8) is 0 Å². The maximum atomic E-state index is 12.8. The number of aromatic nitrogens is 5. The summed E-state index contributed by atoms with van der Waals surface area (Å²) in [4.78, 5) is 23.8. The summed E-state index contributed by atoms with van der Waals surface area (Å²) in [5.74, 6) is 0.494. The van der Waals surface area contributed by atoms with E-state index in [1.165, 1.54) is 0 Å². The van der Waals surface area contributed by atoms with Crippen LogP contribution in [0.3, 0.4) is 0 Å². The molecule has 1 aliphatic heterocycles. The molecule has 1 amide bonds. The third-order valence-corrected chi connectivity index (χ3v) is 6.22. The first kappa shape index (κ1) is 21.4. The van der Waals surface area contributed by atoms with Crippen LogP contribution in [0.4, 0.5) is 11.6 Å². The Morgan fingerprint density at radius 1 is 1.15 bits per heavy atom. The van der Waals surface area contributed by atoms with Crippen LogP contribution in [0.15, 0.2) is 30.5 Å². The number of carbonyl (C=O) groups excluding carboxylic acids is 1. The number of rotatable bonds is 6. The van der Waals surface area contributed by atoms with Gasteiger partial charge in [-0.15, -0.1) is 5.10 Å². The number of nitrogens with zero attached hydrogens (tertiary/aromatic N) is 6. The van der Waals surface area contributed by atoms with E-state index in [-0.39, 0.29) is 18.3 Å². The van der Waals surface area contributed by atoms with Gasteiger partial charge >= 0.3 is 0 Å². The van der Waals surface area contributed by atoms with Crippen molar-refractivity contribution in [2.24, 2.45) is 0 Å². The van der Waals surface area contributed by atoms with Gasteiger partial charge in [0.25, 0.3) is 5.78 Å². The van der Waals surface area contributed by atoms with Gasteiger partial charge in [0.2, 0.25) is 11.9 Å². The number of amides is 1. The van der Waals surface area contributed by atoms with Crippen LogP contribution in [0.2, 0.25) is 0 Å². The van der Waals surface area contributed by atoms with E-state index in [2.05, 4.69) is 48.2 Å². The third kappa shape index (κ3) is 4.39. The average molecular weight is 449 g/mol. The van der Waals surface area contributed by atoms with Crippen LogP contribution in [-0.4, -0.2) is 67.8 Å². The van der Waals surface area contributed by atoms with Crippen molar-refractivity contribution in [2.45, 2.75) is 26.8 Å². The van der Waals surface area contributed by atoms with Crippen molar-refractivity contribution >= 4 is 34.2 Å². The Balaban J connectivity index is 1.27. The smallest absolute Gasteiger partial charge is 0.254 e. The molecule has 0 aliphatic carbocycles. The molecule has 1 saturated heterocycles. The van der Waals surface area contributed by atoms with Crippen molar-refractivity contribution in [1.82, 2.24) is 29.0 Å². The lowest BCUT2D eigenvalue weighted by atomic mass is 10.1. The molecule has 0 radical (unpaired) electrons. The summed E-state index contributed by atoms with van der Waals surface area (Å²) >= 11 is 0. The number of aryl methyl sites for hydroxylation is 2. The molecule has 0 atom stereocenters. The molecule has 1 aromatic carbocycles. The molecule has 33 heavy (non-hydrogen) atoms. The predicted octanol–water partition coefficient (Wildman–Crippen LogP) is 1.79. The highest BCUT2D eigenvalue weighted by Gasteiger charge is 2.16. The summed E-state index contributed by atoms with van der Waals surface area (Å²) < 4.78 is 9.26. The highest BCUT2D eigenvalue weighted by molar-refractivity contribution is 5.95. The molecule has 1 fully saturated rings. The van der Waals surface area contributed by atoms with Gasteiger partial charge in [0, 0.05) is 65.9 Å². The topological polar surface area (TPSA) is 116 Å². The molecule has 4 aromatic rings. The number of hydrogen-bond acceptors (Lipinski definition) is 7. The Hall–Kier alpha value is -3.50. The van der Waals surface area contributed by atoms with E-state index in [1.54, 1.807) is 4.52 Å². The minimum absolute atomic E-state index is 0.110. The molecular formula is C23H28N8O2. The van der Waals surface area contributed by atoms with Crippen LogP contribution in [0, 0.1) is 13.8 Å². The molecule has 1 aliphatic rings. The second-order valence-electron chi connectivity index (χ2n) is 8.40. The SMILES string of the molecule is Cc1nc2nc(N)nn2c(C)c1CC(=O)Nc1ccc2c(ccn2CCN2CCOCC2)c1. The van der Waals surface area contributed by atoms with E-state index in [9.17, 15) is 4.79 Å². The van der Waals surface area contributed by atoms with Crippen molar-refractivity contribution < 1.29 is 9.53 Å². The number of nitrogens with one attached hydrogen (secondary N) is 1. The quantitative estimate of drug-likeness (QED) is 0.462.